The van der Waals surface area contributed by atoms with Crippen molar-refractivity contribution in [3.05, 3.63) is 30.3 Å². The molecule has 2 N–H and O–H groups in total. The Balaban J connectivity index is 1.27. The van der Waals surface area contributed by atoms with Crippen LogP contribution in [-0.2, 0) is 4.79 Å². The molecule has 1 aromatic rings. The van der Waals surface area contributed by atoms with Crippen LogP contribution >= 0.6 is 0 Å². The first-order valence-corrected chi connectivity index (χ1v) is 9.53. The molecule has 0 aliphatic carbocycles. The molecule has 0 atom stereocenters. The van der Waals surface area contributed by atoms with Crippen molar-refractivity contribution in [1.29, 1.82) is 0 Å². The first kappa shape index (κ1) is 18.2. The van der Waals surface area contributed by atoms with Crippen molar-refractivity contribution >= 4 is 11.6 Å². The van der Waals surface area contributed by atoms with Crippen LogP contribution in [0.25, 0.3) is 0 Å². The van der Waals surface area contributed by atoms with Gasteiger partial charge in [-0.15, -0.1) is 0 Å². The quantitative estimate of drug-likeness (QED) is 0.740. The third kappa shape index (κ3) is 5.99. The lowest BCUT2D eigenvalue weighted by molar-refractivity contribution is -0.121. The lowest BCUT2D eigenvalue weighted by Gasteiger charge is -2.36. The van der Waals surface area contributed by atoms with E-state index in [2.05, 4.69) is 55.7 Å². The van der Waals surface area contributed by atoms with Crippen molar-refractivity contribution in [2.45, 2.75) is 6.42 Å². The van der Waals surface area contributed by atoms with Gasteiger partial charge in [0.2, 0.25) is 5.91 Å². The highest BCUT2D eigenvalue weighted by molar-refractivity contribution is 5.76. The van der Waals surface area contributed by atoms with E-state index in [4.69, 9.17) is 0 Å². The minimum absolute atomic E-state index is 0.181. The number of piperazine rings is 2. The van der Waals surface area contributed by atoms with E-state index in [9.17, 15) is 4.79 Å². The highest BCUT2D eigenvalue weighted by atomic mass is 16.1. The van der Waals surface area contributed by atoms with Gasteiger partial charge in [0.15, 0.2) is 0 Å². The van der Waals surface area contributed by atoms with Crippen LogP contribution in [0.4, 0.5) is 5.69 Å². The third-order valence-corrected chi connectivity index (χ3v) is 5.11. The first-order valence-electron chi connectivity index (χ1n) is 9.53. The summed E-state index contributed by atoms with van der Waals surface area (Å²) < 4.78 is 0. The SMILES string of the molecule is O=C(CCN1CCN(c2ccccc2)CC1)NCCN1CCNCC1. The summed E-state index contributed by atoms with van der Waals surface area (Å²) in [7, 11) is 0. The molecule has 6 heteroatoms. The standard InChI is InChI=1S/C19H31N5O/c25-19(21-9-13-23-11-7-20-8-12-23)6-10-22-14-16-24(17-15-22)18-4-2-1-3-5-18/h1-5,20H,6-17H2,(H,21,25). The average molecular weight is 345 g/mol. The molecule has 2 heterocycles. The van der Waals surface area contributed by atoms with Gasteiger partial charge in [-0.3, -0.25) is 14.6 Å². The van der Waals surface area contributed by atoms with Gasteiger partial charge in [-0.2, -0.15) is 0 Å². The molecule has 2 aliphatic heterocycles. The molecule has 0 bridgehead atoms. The van der Waals surface area contributed by atoms with E-state index in [0.29, 0.717) is 6.42 Å². The first-order chi connectivity index (χ1) is 12.3. The number of amides is 1. The van der Waals surface area contributed by atoms with E-state index >= 15 is 0 Å². The Morgan fingerprint density at radius 2 is 1.60 bits per heavy atom. The van der Waals surface area contributed by atoms with Crippen LogP contribution < -0.4 is 15.5 Å². The minimum Gasteiger partial charge on any atom is -0.369 e. The maximum absolute atomic E-state index is 12.0. The molecule has 2 fully saturated rings. The number of anilines is 1. The van der Waals surface area contributed by atoms with Crippen molar-refractivity contribution in [2.24, 2.45) is 0 Å². The number of nitrogens with zero attached hydrogens (tertiary/aromatic N) is 3. The van der Waals surface area contributed by atoms with Gasteiger partial charge in [-0.25, -0.2) is 0 Å². The molecule has 0 saturated carbocycles. The fourth-order valence-electron chi connectivity index (χ4n) is 3.50. The van der Waals surface area contributed by atoms with E-state index < -0.39 is 0 Å². The highest BCUT2D eigenvalue weighted by Crippen LogP contribution is 2.15. The molecular formula is C19H31N5O. The number of carbonyl (C=O) groups is 1. The fraction of sp³-hybridized carbons (Fsp3) is 0.632. The van der Waals surface area contributed by atoms with Crippen LogP contribution in [0.1, 0.15) is 6.42 Å². The van der Waals surface area contributed by atoms with E-state index in [0.717, 1.165) is 72.0 Å². The van der Waals surface area contributed by atoms with Crippen LogP contribution in [0.2, 0.25) is 0 Å². The molecule has 1 amide bonds. The number of hydrogen-bond acceptors (Lipinski definition) is 5. The van der Waals surface area contributed by atoms with E-state index in [1.54, 1.807) is 0 Å². The summed E-state index contributed by atoms with van der Waals surface area (Å²) in [5, 5.41) is 6.41. The summed E-state index contributed by atoms with van der Waals surface area (Å²) in [6, 6.07) is 10.6. The summed E-state index contributed by atoms with van der Waals surface area (Å²) in [6.45, 7) is 11.0. The Morgan fingerprint density at radius 3 is 2.32 bits per heavy atom. The molecule has 6 nitrogen and oxygen atoms in total. The number of rotatable bonds is 7. The summed E-state index contributed by atoms with van der Waals surface area (Å²) in [5.74, 6) is 0.181. The third-order valence-electron chi connectivity index (χ3n) is 5.11. The van der Waals surface area contributed by atoms with Crippen molar-refractivity contribution < 1.29 is 4.79 Å². The Hall–Kier alpha value is -1.63. The van der Waals surface area contributed by atoms with Crippen LogP contribution in [0, 0.1) is 0 Å². The molecule has 2 saturated heterocycles. The zero-order valence-electron chi connectivity index (χ0n) is 15.1. The normalized spacial score (nSPS) is 19.8. The molecule has 1 aromatic carbocycles. The zero-order valence-corrected chi connectivity index (χ0v) is 15.1. The molecule has 0 unspecified atom stereocenters. The van der Waals surface area contributed by atoms with E-state index in [1.807, 2.05) is 0 Å². The van der Waals surface area contributed by atoms with Gasteiger partial charge >= 0.3 is 0 Å². The van der Waals surface area contributed by atoms with Gasteiger partial charge < -0.3 is 15.5 Å². The minimum atomic E-state index is 0.181. The number of nitrogens with one attached hydrogen (secondary N) is 2. The van der Waals surface area contributed by atoms with Gasteiger partial charge in [0.05, 0.1) is 0 Å². The molecule has 0 radical (unpaired) electrons. The number of hydrogen-bond donors (Lipinski definition) is 2. The smallest absolute Gasteiger partial charge is 0.221 e. The second-order valence-electron chi connectivity index (χ2n) is 6.86. The maximum atomic E-state index is 12.0. The van der Waals surface area contributed by atoms with Crippen molar-refractivity contribution in [3.8, 4) is 0 Å². The van der Waals surface area contributed by atoms with Crippen LogP contribution in [-0.4, -0.2) is 87.7 Å². The van der Waals surface area contributed by atoms with Gasteiger partial charge in [-0.05, 0) is 12.1 Å². The second-order valence-corrected chi connectivity index (χ2v) is 6.86. The fourth-order valence-corrected chi connectivity index (χ4v) is 3.50. The van der Waals surface area contributed by atoms with Crippen LogP contribution in [0.3, 0.4) is 0 Å². The second kappa shape index (κ2) is 9.75. The monoisotopic (exact) mass is 345 g/mol. The van der Waals surface area contributed by atoms with E-state index in [1.165, 1.54) is 5.69 Å². The molecule has 25 heavy (non-hydrogen) atoms. The van der Waals surface area contributed by atoms with E-state index in [-0.39, 0.29) is 5.91 Å². The van der Waals surface area contributed by atoms with Gasteiger partial charge in [0.25, 0.3) is 0 Å². The molecule has 2 aliphatic rings. The average Bonchev–Trinajstić information content (AvgIpc) is 2.68. The Morgan fingerprint density at radius 1 is 0.920 bits per heavy atom. The molecule has 3 rings (SSSR count). The van der Waals surface area contributed by atoms with Gasteiger partial charge in [-0.1, -0.05) is 18.2 Å². The van der Waals surface area contributed by atoms with Crippen molar-refractivity contribution in [1.82, 2.24) is 20.4 Å². The summed E-state index contributed by atoms with van der Waals surface area (Å²) in [5.41, 5.74) is 1.30. The zero-order chi connectivity index (χ0) is 17.3. The van der Waals surface area contributed by atoms with Crippen LogP contribution in [0.5, 0.6) is 0 Å². The lowest BCUT2D eigenvalue weighted by atomic mass is 10.2. The lowest BCUT2D eigenvalue weighted by Crippen LogP contribution is -2.48. The number of para-hydroxylation sites is 1. The predicted octanol–water partition coefficient (Wildman–Crippen LogP) is 0.220. The van der Waals surface area contributed by atoms with Crippen LogP contribution in [0.15, 0.2) is 30.3 Å². The van der Waals surface area contributed by atoms with Crippen molar-refractivity contribution in [2.75, 3.05) is 76.9 Å². The Kier molecular flexibility index (Phi) is 7.09. The summed E-state index contributed by atoms with van der Waals surface area (Å²) in [4.78, 5) is 19.3. The molecule has 138 valence electrons. The predicted molar refractivity (Wildman–Crippen MR) is 102 cm³/mol. The molecule has 0 spiro atoms. The topological polar surface area (TPSA) is 50.9 Å². The highest BCUT2D eigenvalue weighted by Gasteiger charge is 2.17. The largest absolute Gasteiger partial charge is 0.369 e. The van der Waals surface area contributed by atoms with Crippen molar-refractivity contribution in [3.63, 3.8) is 0 Å². The molecule has 0 aromatic heterocycles. The Bertz CT molecular complexity index is 510. The van der Waals surface area contributed by atoms with Gasteiger partial charge in [0.1, 0.15) is 0 Å². The number of benzene rings is 1. The Labute approximate surface area is 151 Å². The molecular weight excluding hydrogens is 314 g/mol. The number of carbonyl (C=O) groups excluding carboxylic acids is 1. The van der Waals surface area contributed by atoms with Gasteiger partial charge in [0, 0.05) is 84.1 Å². The summed E-state index contributed by atoms with van der Waals surface area (Å²) in [6.07, 6.45) is 0.604. The maximum Gasteiger partial charge on any atom is 0.221 e. The summed E-state index contributed by atoms with van der Waals surface area (Å²) >= 11 is 0.